The molecule has 1 heterocycles. The lowest BCUT2D eigenvalue weighted by molar-refractivity contribution is -0.115. The maximum absolute atomic E-state index is 11.2. The number of hydrogen-bond donors (Lipinski definition) is 0. The van der Waals surface area contributed by atoms with E-state index in [4.69, 9.17) is 0 Å². The predicted molar refractivity (Wildman–Crippen MR) is 62.3 cm³/mol. The Kier molecular flexibility index (Phi) is 2.76. The first-order valence-electron chi connectivity index (χ1n) is 5.52. The van der Waals surface area contributed by atoms with Crippen LogP contribution >= 0.6 is 0 Å². The van der Waals surface area contributed by atoms with Gasteiger partial charge in [0.1, 0.15) is 5.78 Å². The smallest absolute Gasteiger partial charge is 0.149 e. The number of hydrogen-bond acceptors (Lipinski definition) is 2. The van der Waals surface area contributed by atoms with Gasteiger partial charge in [0.15, 0.2) is 0 Å². The number of nitrogens with zero attached hydrogens (tertiary/aromatic N) is 1. The summed E-state index contributed by atoms with van der Waals surface area (Å²) in [5, 5.41) is 0. The van der Waals surface area contributed by atoms with Gasteiger partial charge in [-0.15, -0.1) is 0 Å². The number of carbonyl (C=O) groups excluding carboxylic acids is 1. The summed E-state index contributed by atoms with van der Waals surface area (Å²) in [4.78, 5) is 13.4. The van der Waals surface area contributed by atoms with Crippen LogP contribution in [0.15, 0.2) is 24.3 Å². The third-order valence-corrected chi connectivity index (χ3v) is 3.06. The Morgan fingerprint density at radius 3 is 2.93 bits per heavy atom. The molecular weight excluding hydrogens is 186 g/mol. The van der Waals surface area contributed by atoms with Gasteiger partial charge in [-0.05, 0) is 38.3 Å². The lowest BCUT2D eigenvalue weighted by Gasteiger charge is -2.36. The standard InChI is InChI=1S/C13H17NO/c1-10-7-8-12-5-3-4-6-13(12)14(10)9-11(2)15/h3-6,10H,7-9H2,1-2H3. The van der Waals surface area contributed by atoms with E-state index in [1.165, 1.54) is 11.3 Å². The Labute approximate surface area is 90.9 Å². The molecule has 1 aromatic carbocycles. The normalized spacial score (nSPS) is 19.9. The maximum Gasteiger partial charge on any atom is 0.149 e. The highest BCUT2D eigenvalue weighted by atomic mass is 16.1. The summed E-state index contributed by atoms with van der Waals surface area (Å²) in [5.74, 6) is 0.235. The molecule has 0 amide bonds. The van der Waals surface area contributed by atoms with Crippen molar-refractivity contribution in [1.29, 1.82) is 0 Å². The van der Waals surface area contributed by atoms with Crippen LogP contribution in [0.25, 0.3) is 0 Å². The summed E-state index contributed by atoms with van der Waals surface area (Å²) in [6, 6.07) is 8.87. The Morgan fingerprint density at radius 2 is 2.20 bits per heavy atom. The topological polar surface area (TPSA) is 20.3 Å². The molecule has 2 rings (SSSR count). The van der Waals surface area contributed by atoms with Gasteiger partial charge in [0.25, 0.3) is 0 Å². The van der Waals surface area contributed by atoms with Crippen LogP contribution in [0.5, 0.6) is 0 Å². The number of aryl methyl sites for hydroxylation is 1. The second-order valence-electron chi connectivity index (χ2n) is 4.35. The zero-order valence-corrected chi connectivity index (χ0v) is 9.36. The molecule has 0 aromatic heterocycles. The van der Waals surface area contributed by atoms with Crippen LogP contribution < -0.4 is 4.90 Å². The van der Waals surface area contributed by atoms with Crippen LogP contribution in [0, 0.1) is 0 Å². The highest BCUT2D eigenvalue weighted by Gasteiger charge is 2.22. The quantitative estimate of drug-likeness (QED) is 0.735. The zero-order valence-electron chi connectivity index (χ0n) is 9.36. The summed E-state index contributed by atoms with van der Waals surface area (Å²) in [6.45, 7) is 4.39. The molecule has 2 heteroatoms. The second kappa shape index (κ2) is 4.05. The SMILES string of the molecule is CC(=O)CN1c2ccccc2CCC1C. The minimum absolute atomic E-state index is 0.235. The van der Waals surface area contributed by atoms with E-state index >= 15 is 0 Å². The summed E-state index contributed by atoms with van der Waals surface area (Å²) < 4.78 is 0. The number of anilines is 1. The Morgan fingerprint density at radius 1 is 1.47 bits per heavy atom. The molecule has 0 bridgehead atoms. The molecule has 2 nitrogen and oxygen atoms in total. The van der Waals surface area contributed by atoms with Crippen molar-refractivity contribution in [2.45, 2.75) is 32.7 Å². The number of benzene rings is 1. The fourth-order valence-electron chi connectivity index (χ4n) is 2.24. The average Bonchev–Trinajstić information content (AvgIpc) is 2.22. The fraction of sp³-hybridized carbons (Fsp3) is 0.462. The third-order valence-electron chi connectivity index (χ3n) is 3.06. The largest absolute Gasteiger partial charge is 0.361 e. The number of Topliss-reactive ketones (excluding diaryl/α,β-unsaturated/α-hetero) is 1. The van der Waals surface area contributed by atoms with E-state index in [2.05, 4.69) is 30.0 Å². The van der Waals surface area contributed by atoms with Gasteiger partial charge >= 0.3 is 0 Å². The van der Waals surface area contributed by atoms with Crippen LogP contribution in [0.4, 0.5) is 5.69 Å². The Balaban J connectivity index is 2.32. The van der Waals surface area contributed by atoms with Crippen molar-refractivity contribution in [3.05, 3.63) is 29.8 Å². The molecule has 1 aliphatic rings. The lowest BCUT2D eigenvalue weighted by Crippen LogP contribution is -2.40. The first kappa shape index (κ1) is 10.2. The van der Waals surface area contributed by atoms with Gasteiger partial charge in [0.05, 0.1) is 6.54 Å². The van der Waals surface area contributed by atoms with Crippen molar-refractivity contribution in [3.8, 4) is 0 Å². The first-order chi connectivity index (χ1) is 7.18. The van der Waals surface area contributed by atoms with E-state index < -0.39 is 0 Å². The van der Waals surface area contributed by atoms with E-state index in [0.29, 0.717) is 12.6 Å². The van der Waals surface area contributed by atoms with Crippen molar-refractivity contribution >= 4 is 11.5 Å². The Bertz CT molecular complexity index is 373. The Hall–Kier alpha value is -1.31. The molecule has 1 aliphatic heterocycles. The van der Waals surface area contributed by atoms with E-state index in [-0.39, 0.29) is 5.78 Å². The first-order valence-corrected chi connectivity index (χ1v) is 5.52. The van der Waals surface area contributed by atoms with Gasteiger partial charge in [-0.1, -0.05) is 18.2 Å². The summed E-state index contributed by atoms with van der Waals surface area (Å²) in [5.41, 5.74) is 2.61. The summed E-state index contributed by atoms with van der Waals surface area (Å²) >= 11 is 0. The monoisotopic (exact) mass is 203 g/mol. The second-order valence-corrected chi connectivity index (χ2v) is 4.35. The number of ketones is 1. The molecule has 15 heavy (non-hydrogen) atoms. The molecule has 0 fully saturated rings. The zero-order chi connectivity index (χ0) is 10.8. The molecular formula is C13H17NO. The number of rotatable bonds is 2. The van der Waals surface area contributed by atoms with Crippen LogP contribution in [0.1, 0.15) is 25.8 Å². The molecule has 0 spiro atoms. The van der Waals surface area contributed by atoms with E-state index in [1.807, 2.05) is 6.07 Å². The van der Waals surface area contributed by atoms with E-state index in [0.717, 1.165) is 12.8 Å². The van der Waals surface area contributed by atoms with Crippen molar-refractivity contribution in [2.75, 3.05) is 11.4 Å². The third kappa shape index (κ3) is 2.04. The molecule has 80 valence electrons. The van der Waals surface area contributed by atoms with E-state index in [1.54, 1.807) is 6.92 Å². The lowest BCUT2D eigenvalue weighted by atomic mass is 9.96. The summed E-state index contributed by atoms with van der Waals surface area (Å²) in [6.07, 6.45) is 2.27. The van der Waals surface area contributed by atoms with Gasteiger partial charge in [-0.25, -0.2) is 0 Å². The van der Waals surface area contributed by atoms with Gasteiger partial charge in [0, 0.05) is 11.7 Å². The van der Waals surface area contributed by atoms with Crippen molar-refractivity contribution in [3.63, 3.8) is 0 Å². The minimum atomic E-state index is 0.235. The molecule has 1 aromatic rings. The van der Waals surface area contributed by atoms with Gasteiger partial charge in [0.2, 0.25) is 0 Å². The number of carbonyl (C=O) groups is 1. The molecule has 0 N–H and O–H groups in total. The van der Waals surface area contributed by atoms with Crippen LogP contribution in [0.3, 0.4) is 0 Å². The van der Waals surface area contributed by atoms with Crippen molar-refractivity contribution in [2.24, 2.45) is 0 Å². The van der Waals surface area contributed by atoms with Crippen molar-refractivity contribution < 1.29 is 4.79 Å². The fourth-order valence-corrected chi connectivity index (χ4v) is 2.24. The molecule has 0 aliphatic carbocycles. The predicted octanol–water partition coefficient (Wildman–Crippen LogP) is 2.42. The average molecular weight is 203 g/mol. The number of para-hydroxylation sites is 1. The van der Waals surface area contributed by atoms with Crippen LogP contribution in [-0.4, -0.2) is 18.4 Å². The van der Waals surface area contributed by atoms with Gasteiger partial charge in [-0.2, -0.15) is 0 Å². The van der Waals surface area contributed by atoms with E-state index in [9.17, 15) is 4.79 Å². The highest BCUT2D eigenvalue weighted by molar-refractivity contribution is 5.81. The number of fused-ring (bicyclic) bond motifs is 1. The van der Waals surface area contributed by atoms with Crippen molar-refractivity contribution in [1.82, 2.24) is 0 Å². The molecule has 1 atom stereocenters. The van der Waals surface area contributed by atoms with Crippen LogP contribution in [-0.2, 0) is 11.2 Å². The highest BCUT2D eigenvalue weighted by Crippen LogP contribution is 2.29. The molecule has 1 unspecified atom stereocenters. The molecule has 0 saturated heterocycles. The van der Waals surface area contributed by atoms with Crippen LogP contribution in [0.2, 0.25) is 0 Å². The minimum Gasteiger partial charge on any atom is -0.361 e. The summed E-state index contributed by atoms with van der Waals surface area (Å²) in [7, 11) is 0. The molecule has 0 radical (unpaired) electrons. The van der Waals surface area contributed by atoms with Gasteiger partial charge in [-0.3, -0.25) is 4.79 Å². The molecule has 0 saturated carbocycles. The maximum atomic E-state index is 11.2. The van der Waals surface area contributed by atoms with Gasteiger partial charge < -0.3 is 4.90 Å².